The van der Waals surface area contributed by atoms with Gasteiger partial charge >= 0.3 is 0 Å². The quantitative estimate of drug-likeness (QED) is 0.572. The highest BCUT2D eigenvalue weighted by molar-refractivity contribution is 5.96. The van der Waals surface area contributed by atoms with Crippen LogP contribution < -0.4 is 0 Å². The van der Waals surface area contributed by atoms with Crippen molar-refractivity contribution in [3.63, 3.8) is 0 Å². The van der Waals surface area contributed by atoms with Gasteiger partial charge in [-0.15, -0.1) is 5.11 Å². The maximum absolute atomic E-state index is 13.4. The molecule has 0 unspecified atom stereocenters. The van der Waals surface area contributed by atoms with Crippen molar-refractivity contribution < 1.29 is 13.6 Å². The van der Waals surface area contributed by atoms with Gasteiger partial charge in [0.1, 0.15) is 17.3 Å². The minimum atomic E-state index is -0.409. The molecule has 0 saturated carbocycles. The van der Waals surface area contributed by atoms with Crippen molar-refractivity contribution in [2.45, 2.75) is 26.7 Å². The summed E-state index contributed by atoms with van der Waals surface area (Å²) in [4.78, 5) is 12.9. The van der Waals surface area contributed by atoms with Crippen molar-refractivity contribution in [1.82, 2.24) is 9.78 Å². The summed E-state index contributed by atoms with van der Waals surface area (Å²) >= 11 is 0. The Kier molecular flexibility index (Phi) is 4.37. The number of carbonyl (C=O) groups excluding carboxylic acids is 1. The van der Waals surface area contributed by atoms with Crippen LogP contribution in [0.15, 0.2) is 58.8 Å². The molecule has 7 heteroatoms. The third-order valence-corrected chi connectivity index (χ3v) is 4.67. The van der Waals surface area contributed by atoms with Crippen LogP contribution >= 0.6 is 0 Å². The Bertz CT molecular complexity index is 1080. The van der Waals surface area contributed by atoms with E-state index < -0.39 is 11.6 Å². The van der Waals surface area contributed by atoms with Gasteiger partial charge in [-0.2, -0.15) is 14.9 Å². The van der Waals surface area contributed by atoms with Crippen molar-refractivity contribution in [2.24, 2.45) is 15.6 Å². The standard InChI is InChI=1S/C21H18F2N4O/c1-21(2)11-17-19(25-24-16-5-3-4-15(23)10-16)18(12-21)27(26-17)20(28)13-6-8-14(22)9-7-13/h3-10H,11-12H2,1-2H3. The first-order valence-electron chi connectivity index (χ1n) is 8.91. The molecule has 5 nitrogen and oxygen atoms in total. The highest BCUT2D eigenvalue weighted by atomic mass is 19.1. The molecule has 1 heterocycles. The second-order valence-corrected chi connectivity index (χ2v) is 7.66. The van der Waals surface area contributed by atoms with Gasteiger partial charge in [0.25, 0.3) is 5.91 Å². The highest BCUT2D eigenvalue weighted by Crippen LogP contribution is 2.41. The first-order chi connectivity index (χ1) is 13.3. The van der Waals surface area contributed by atoms with E-state index in [0.717, 1.165) is 0 Å². The van der Waals surface area contributed by atoms with E-state index in [2.05, 4.69) is 29.2 Å². The summed E-state index contributed by atoms with van der Waals surface area (Å²) in [6.07, 6.45) is 1.23. The van der Waals surface area contributed by atoms with Crippen LogP contribution in [0, 0.1) is 17.0 Å². The lowest BCUT2D eigenvalue weighted by Crippen LogP contribution is -2.23. The van der Waals surface area contributed by atoms with Gasteiger partial charge in [-0.25, -0.2) is 8.78 Å². The maximum Gasteiger partial charge on any atom is 0.278 e. The molecule has 0 fully saturated rings. The van der Waals surface area contributed by atoms with Crippen molar-refractivity contribution in [3.8, 4) is 0 Å². The third kappa shape index (κ3) is 3.47. The molecule has 0 N–H and O–H groups in total. The zero-order chi connectivity index (χ0) is 19.9. The summed E-state index contributed by atoms with van der Waals surface area (Å²) in [5, 5.41) is 12.9. The van der Waals surface area contributed by atoms with Crippen LogP contribution in [-0.2, 0) is 12.8 Å². The molecule has 3 aromatic rings. The zero-order valence-electron chi connectivity index (χ0n) is 15.5. The zero-order valence-corrected chi connectivity index (χ0v) is 15.5. The Morgan fingerprint density at radius 1 is 1.04 bits per heavy atom. The second kappa shape index (κ2) is 6.74. The highest BCUT2D eigenvalue weighted by Gasteiger charge is 2.35. The number of aromatic nitrogens is 2. The van der Waals surface area contributed by atoms with Crippen LogP contribution in [0.4, 0.5) is 20.2 Å². The van der Waals surface area contributed by atoms with Gasteiger partial charge in [0, 0.05) is 11.6 Å². The molecule has 142 valence electrons. The van der Waals surface area contributed by atoms with Crippen molar-refractivity contribution >= 4 is 17.3 Å². The number of rotatable bonds is 3. The van der Waals surface area contributed by atoms with Crippen LogP contribution in [-0.4, -0.2) is 15.7 Å². The summed E-state index contributed by atoms with van der Waals surface area (Å²) in [6, 6.07) is 11.2. The van der Waals surface area contributed by atoms with Crippen LogP contribution in [0.25, 0.3) is 0 Å². The number of carbonyl (C=O) groups is 1. The van der Waals surface area contributed by atoms with Gasteiger partial charge in [0.2, 0.25) is 0 Å². The van der Waals surface area contributed by atoms with Gasteiger partial charge in [-0.05, 0) is 54.7 Å². The van der Waals surface area contributed by atoms with E-state index in [1.165, 1.54) is 41.1 Å². The van der Waals surface area contributed by atoms with Gasteiger partial charge in [-0.1, -0.05) is 19.9 Å². The fourth-order valence-electron chi connectivity index (χ4n) is 3.39. The third-order valence-electron chi connectivity index (χ3n) is 4.67. The lowest BCUT2D eigenvalue weighted by molar-refractivity contribution is 0.0941. The van der Waals surface area contributed by atoms with E-state index in [1.54, 1.807) is 12.1 Å². The number of azo groups is 1. The fourth-order valence-corrected chi connectivity index (χ4v) is 3.39. The number of hydrogen-bond donors (Lipinski definition) is 0. The molecule has 0 amide bonds. The first kappa shape index (κ1) is 18.2. The normalized spacial score (nSPS) is 15.1. The smallest absolute Gasteiger partial charge is 0.267 e. The minimum absolute atomic E-state index is 0.0795. The molecule has 0 saturated heterocycles. The summed E-state index contributed by atoms with van der Waals surface area (Å²) in [5.41, 5.74) is 2.50. The molecule has 2 bridgehead atoms. The monoisotopic (exact) mass is 380 g/mol. The van der Waals surface area contributed by atoms with Crippen LogP contribution in [0.3, 0.4) is 0 Å². The number of halogens is 2. The van der Waals surface area contributed by atoms with Crippen molar-refractivity contribution in [1.29, 1.82) is 0 Å². The van der Waals surface area contributed by atoms with E-state index in [1.807, 2.05) is 0 Å². The van der Waals surface area contributed by atoms with Gasteiger partial charge in [0.05, 0.1) is 17.1 Å². The average Bonchev–Trinajstić information content (AvgIpc) is 2.87. The molecule has 0 atom stereocenters. The lowest BCUT2D eigenvalue weighted by atomic mass is 9.79. The van der Waals surface area contributed by atoms with E-state index in [-0.39, 0.29) is 11.3 Å². The van der Waals surface area contributed by atoms with Crippen LogP contribution in [0.5, 0.6) is 0 Å². The van der Waals surface area contributed by atoms with Crippen molar-refractivity contribution in [2.75, 3.05) is 0 Å². The van der Waals surface area contributed by atoms with E-state index in [0.29, 0.717) is 41.2 Å². The molecular weight excluding hydrogens is 362 g/mol. The summed E-state index contributed by atoms with van der Waals surface area (Å²) in [6.45, 7) is 4.18. The first-order valence-corrected chi connectivity index (χ1v) is 8.91. The Balaban J connectivity index is 1.75. The molecule has 0 spiro atoms. The van der Waals surface area contributed by atoms with Crippen molar-refractivity contribution in [3.05, 3.63) is 77.1 Å². The summed E-state index contributed by atoms with van der Waals surface area (Å²) in [7, 11) is 0. The molecule has 2 aromatic carbocycles. The number of hydrogen-bond acceptors (Lipinski definition) is 4. The van der Waals surface area contributed by atoms with Gasteiger partial charge in [0.15, 0.2) is 0 Å². The largest absolute Gasteiger partial charge is 0.278 e. The molecule has 1 aromatic heterocycles. The molecule has 1 aliphatic carbocycles. The SMILES string of the molecule is CC1(C)Cc2nn(C(=O)c3ccc(F)cc3)c(c2N=Nc2cccc(F)c2)C1. The molecular formula is C21H18F2N4O. The fraction of sp³-hybridized carbons (Fsp3) is 0.238. The van der Waals surface area contributed by atoms with E-state index >= 15 is 0 Å². The predicted octanol–water partition coefficient (Wildman–Crippen LogP) is 5.39. The molecule has 0 radical (unpaired) electrons. The van der Waals surface area contributed by atoms with Crippen LogP contribution in [0.2, 0.25) is 0 Å². The van der Waals surface area contributed by atoms with Gasteiger partial charge in [-0.3, -0.25) is 4.79 Å². The van der Waals surface area contributed by atoms with Crippen LogP contribution in [0.1, 0.15) is 35.6 Å². The Morgan fingerprint density at radius 3 is 2.50 bits per heavy atom. The minimum Gasteiger partial charge on any atom is -0.267 e. The molecule has 28 heavy (non-hydrogen) atoms. The molecule has 1 aliphatic rings. The van der Waals surface area contributed by atoms with E-state index in [9.17, 15) is 13.6 Å². The summed E-state index contributed by atoms with van der Waals surface area (Å²) < 4.78 is 27.9. The Labute approximate surface area is 160 Å². The molecule has 4 rings (SSSR count). The lowest BCUT2D eigenvalue weighted by Gasteiger charge is -2.26. The Hall–Kier alpha value is -3.22. The maximum atomic E-state index is 13.4. The summed E-state index contributed by atoms with van der Waals surface area (Å²) in [5.74, 6) is -1.15. The number of benzene rings is 2. The number of fused-ring (bicyclic) bond motifs is 2. The Morgan fingerprint density at radius 2 is 1.79 bits per heavy atom. The number of nitrogens with zero attached hydrogens (tertiary/aromatic N) is 4. The topological polar surface area (TPSA) is 59.6 Å². The molecule has 0 aliphatic heterocycles. The predicted molar refractivity (Wildman–Crippen MR) is 100 cm³/mol. The average molecular weight is 380 g/mol. The second-order valence-electron chi connectivity index (χ2n) is 7.66. The van der Waals surface area contributed by atoms with Gasteiger partial charge < -0.3 is 0 Å². The van der Waals surface area contributed by atoms with E-state index in [4.69, 9.17) is 0 Å².